The van der Waals surface area contributed by atoms with E-state index in [0.717, 1.165) is 0 Å². The summed E-state index contributed by atoms with van der Waals surface area (Å²) in [6.45, 7) is 8.24. The highest BCUT2D eigenvalue weighted by Crippen LogP contribution is 2.22. The number of benzene rings is 2. The van der Waals surface area contributed by atoms with Crippen molar-refractivity contribution in [3.05, 3.63) is 83.0 Å². The van der Waals surface area contributed by atoms with Crippen LogP contribution in [-0.4, -0.2) is 24.8 Å². The minimum Gasteiger partial charge on any atom is -0.481 e. The van der Waals surface area contributed by atoms with Crippen LogP contribution in [0.3, 0.4) is 0 Å². The van der Waals surface area contributed by atoms with E-state index in [4.69, 9.17) is 11.3 Å². The van der Waals surface area contributed by atoms with E-state index in [9.17, 15) is 14.0 Å². The van der Waals surface area contributed by atoms with Gasteiger partial charge in [0.25, 0.3) is 12.5 Å². The van der Waals surface area contributed by atoms with Crippen LogP contribution in [0, 0.1) is 6.57 Å². The van der Waals surface area contributed by atoms with Crippen molar-refractivity contribution in [2.45, 2.75) is 20.0 Å². The number of amides is 1. The second-order valence-electron chi connectivity index (χ2n) is 6.17. The number of hydrogen-bond acceptors (Lipinski definition) is 3. The monoisotopic (exact) mass is 393 g/mol. The van der Waals surface area contributed by atoms with Crippen molar-refractivity contribution < 1.29 is 18.7 Å². The molecule has 0 bridgehead atoms. The molecule has 0 spiro atoms. The van der Waals surface area contributed by atoms with E-state index in [-0.39, 0.29) is 18.3 Å². The normalized spacial score (nSPS) is 12.6. The molecular formula is C23H22FN2O3+. The minimum atomic E-state index is -0.813. The molecule has 0 radical (unpaired) electrons. The van der Waals surface area contributed by atoms with Crippen LogP contribution < -0.4 is 9.64 Å². The van der Waals surface area contributed by atoms with Crippen molar-refractivity contribution in [2.24, 2.45) is 0 Å². The summed E-state index contributed by atoms with van der Waals surface area (Å²) >= 11 is 0. The summed E-state index contributed by atoms with van der Waals surface area (Å²) < 4.78 is 18.6. The van der Waals surface area contributed by atoms with Gasteiger partial charge < -0.3 is 14.4 Å². The minimum absolute atomic E-state index is 0.0663. The standard InChI is InChI=1S/C23H22FN2O3/c1-17(24)9-14-22(25-3)19-10-12-21(13-11-19)29-18(2)23(28)26(15-16-27)20-7-5-4-6-8-20/h3-14,16,18H,15H2,1-2H3/q+1/b17-9+,22-14-. The molecule has 0 aromatic heterocycles. The predicted molar refractivity (Wildman–Crippen MR) is 113 cm³/mol. The van der Waals surface area contributed by atoms with Gasteiger partial charge in [0.05, 0.1) is 17.9 Å². The van der Waals surface area contributed by atoms with Crippen molar-refractivity contribution in [2.75, 3.05) is 11.4 Å². The van der Waals surface area contributed by atoms with Gasteiger partial charge in [0, 0.05) is 11.8 Å². The van der Waals surface area contributed by atoms with Crippen LogP contribution in [0.25, 0.3) is 10.5 Å². The van der Waals surface area contributed by atoms with Crippen molar-refractivity contribution >= 4 is 23.6 Å². The average Bonchev–Trinajstić information content (AvgIpc) is 2.73. The zero-order chi connectivity index (χ0) is 21.2. The molecule has 1 amide bonds. The zero-order valence-corrected chi connectivity index (χ0v) is 16.3. The topological polar surface area (TPSA) is 51.0 Å². The SMILES string of the molecule is C#[N+]/C(=C\C=C(/C)F)c1ccc(OC(C)C(=O)N(CC=O)c2ccccc2)cc1. The van der Waals surface area contributed by atoms with Crippen LogP contribution in [0.5, 0.6) is 5.75 Å². The Labute approximate surface area is 169 Å². The summed E-state index contributed by atoms with van der Waals surface area (Å²) in [7, 11) is 0. The highest BCUT2D eigenvalue weighted by Gasteiger charge is 2.23. The molecule has 0 saturated heterocycles. The molecule has 6 heteroatoms. The van der Waals surface area contributed by atoms with Crippen LogP contribution >= 0.6 is 0 Å². The van der Waals surface area contributed by atoms with Gasteiger partial charge in [0.15, 0.2) is 6.10 Å². The molecule has 5 nitrogen and oxygen atoms in total. The molecule has 0 aliphatic carbocycles. The molecule has 2 aromatic carbocycles. The van der Waals surface area contributed by atoms with Crippen LogP contribution in [0.15, 0.2) is 72.6 Å². The van der Waals surface area contributed by atoms with E-state index < -0.39 is 6.10 Å². The maximum Gasteiger partial charge on any atom is 0.347 e. The lowest BCUT2D eigenvalue weighted by Crippen LogP contribution is -2.41. The van der Waals surface area contributed by atoms with E-state index in [1.807, 2.05) is 6.07 Å². The Morgan fingerprint density at radius 2 is 1.83 bits per heavy atom. The molecule has 1 atom stereocenters. The molecule has 1 unspecified atom stereocenters. The Balaban J connectivity index is 2.13. The highest BCUT2D eigenvalue weighted by molar-refractivity contribution is 5.98. The molecule has 0 N–H and O–H groups in total. The van der Waals surface area contributed by atoms with Gasteiger partial charge in [-0.2, -0.15) is 0 Å². The first-order chi connectivity index (χ1) is 14.0. The second-order valence-corrected chi connectivity index (χ2v) is 6.17. The summed E-state index contributed by atoms with van der Waals surface area (Å²) in [5.74, 6) is -0.243. The largest absolute Gasteiger partial charge is 0.481 e. The summed E-state index contributed by atoms with van der Waals surface area (Å²) in [5, 5.41) is 0. The zero-order valence-electron chi connectivity index (χ0n) is 16.3. The maximum atomic E-state index is 12.9. The van der Waals surface area contributed by atoms with Gasteiger partial charge in [-0.15, -0.1) is 0 Å². The number of carbonyl (C=O) groups is 2. The van der Waals surface area contributed by atoms with Crippen molar-refractivity contribution in [3.8, 4) is 12.3 Å². The lowest BCUT2D eigenvalue weighted by Gasteiger charge is -2.24. The molecule has 0 fully saturated rings. The van der Waals surface area contributed by atoms with E-state index in [2.05, 4.69) is 4.85 Å². The van der Waals surface area contributed by atoms with Crippen LogP contribution in [0.1, 0.15) is 19.4 Å². The Kier molecular flexibility index (Phi) is 7.87. The van der Waals surface area contributed by atoms with Crippen LogP contribution in [0.4, 0.5) is 10.1 Å². The number of ether oxygens (including phenoxy) is 1. The molecule has 2 rings (SSSR count). The molecule has 0 aliphatic heterocycles. The second kappa shape index (κ2) is 10.6. The number of para-hydroxylation sites is 1. The lowest BCUT2D eigenvalue weighted by molar-refractivity contribution is -0.125. The van der Waals surface area contributed by atoms with Crippen molar-refractivity contribution in [3.63, 3.8) is 0 Å². The Morgan fingerprint density at radius 1 is 1.17 bits per heavy atom. The van der Waals surface area contributed by atoms with E-state index >= 15 is 0 Å². The smallest absolute Gasteiger partial charge is 0.347 e. The number of carbonyl (C=O) groups excluding carboxylic acids is 2. The Hall–Kier alpha value is -3.72. The van der Waals surface area contributed by atoms with Gasteiger partial charge in [-0.25, -0.2) is 4.39 Å². The van der Waals surface area contributed by atoms with Gasteiger partial charge in [-0.1, -0.05) is 18.2 Å². The van der Waals surface area contributed by atoms with Gasteiger partial charge in [0.1, 0.15) is 12.0 Å². The van der Waals surface area contributed by atoms with E-state index in [0.29, 0.717) is 29.0 Å². The molecule has 0 heterocycles. The first-order valence-corrected chi connectivity index (χ1v) is 8.98. The fraction of sp³-hybridized carbons (Fsp3) is 0.174. The number of allylic oxidation sites excluding steroid dienone is 3. The van der Waals surface area contributed by atoms with Crippen LogP contribution in [0.2, 0.25) is 0 Å². The number of anilines is 1. The molecule has 2 aromatic rings. The van der Waals surface area contributed by atoms with E-state index in [1.165, 1.54) is 24.0 Å². The Morgan fingerprint density at radius 3 is 2.38 bits per heavy atom. The van der Waals surface area contributed by atoms with Gasteiger partial charge >= 0.3 is 5.70 Å². The lowest BCUT2D eigenvalue weighted by atomic mass is 10.1. The summed E-state index contributed by atoms with van der Waals surface area (Å²) in [6.07, 6.45) is 2.59. The van der Waals surface area contributed by atoms with Crippen LogP contribution in [-0.2, 0) is 9.59 Å². The Bertz CT molecular complexity index is 940. The fourth-order valence-electron chi connectivity index (χ4n) is 2.59. The average molecular weight is 393 g/mol. The summed E-state index contributed by atoms with van der Waals surface area (Å²) in [5.41, 5.74) is 1.69. The first kappa shape index (κ1) is 21.6. The first-order valence-electron chi connectivity index (χ1n) is 8.98. The fourth-order valence-corrected chi connectivity index (χ4v) is 2.59. The van der Waals surface area contributed by atoms with Gasteiger partial charge in [-0.3, -0.25) is 4.79 Å². The summed E-state index contributed by atoms with van der Waals surface area (Å²) in [6, 6.07) is 15.6. The third-order valence-corrected chi connectivity index (χ3v) is 4.01. The number of aldehydes is 1. The molecule has 0 aliphatic rings. The predicted octanol–water partition coefficient (Wildman–Crippen LogP) is 4.86. The molecular weight excluding hydrogens is 371 g/mol. The van der Waals surface area contributed by atoms with Crippen molar-refractivity contribution in [1.29, 1.82) is 0 Å². The molecule has 29 heavy (non-hydrogen) atoms. The van der Waals surface area contributed by atoms with E-state index in [1.54, 1.807) is 55.5 Å². The third kappa shape index (κ3) is 6.15. The summed E-state index contributed by atoms with van der Waals surface area (Å²) in [4.78, 5) is 28.8. The third-order valence-electron chi connectivity index (χ3n) is 4.01. The van der Waals surface area contributed by atoms with Gasteiger partial charge in [-0.05, 0) is 61.2 Å². The maximum absolute atomic E-state index is 12.9. The molecule has 148 valence electrons. The van der Waals surface area contributed by atoms with Crippen molar-refractivity contribution in [1.82, 2.24) is 0 Å². The number of rotatable bonds is 8. The quantitative estimate of drug-likeness (QED) is 0.475. The number of nitrogens with zero attached hydrogens (tertiary/aromatic N) is 2. The van der Waals surface area contributed by atoms with Gasteiger partial charge in [0.2, 0.25) is 0 Å². The molecule has 0 saturated carbocycles. The highest BCUT2D eigenvalue weighted by atomic mass is 19.1. The number of hydrogen-bond donors (Lipinski definition) is 0. The number of halogens is 1.